The maximum atomic E-state index is 13.2. The highest BCUT2D eigenvalue weighted by Gasteiger charge is 2.29. The van der Waals surface area contributed by atoms with Gasteiger partial charge in [0.15, 0.2) is 6.61 Å². The first-order valence-electron chi connectivity index (χ1n) is 11.5. The predicted molar refractivity (Wildman–Crippen MR) is 120 cm³/mol. The Bertz CT molecular complexity index is 901. The number of nitrogens with one attached hydrogen (secondary N) is 1. The molecular formula is C23H34N2O6S. The number of carbonyl (C=O) groups excluding carboxylic acids is 2. The topological polar surface area (TPSA) is 102 Å². The zero-order valence-corrected chi connectivity index (χ0v) is 19.8. The van der Waals surface area contributed by atoms with Gasteiger partial charge in [0.05, 0.1) is 12.7 Å². The fourth-order valence-corrected chi connectivity index (χ4v) is 6.01. The lowest BCUT2D eigenvalue weighted by molar-refractivity contribution is -0.125. The van der Waals surface area contributed by atoms with Gasteiger partial charge in [0.2, 0.25) is 10.0 Å². The maximum absolute atomic E-state index is 13.2. The minimum atomic E-state index is -3.82. The normalized spacial score (nSPS) is 22.6. The van der Waals surface area contributed by atoms with Crippen molar-refractivity contribution in [2.45, 2.75) is 69.2 Å². The van der Waals surface area contributed by atoms with Gasteiger partial charge in [-0.1, -0.05) is 19.8 Å². The van der Waals surface area contributed by atoms with Crippen LogP contribution in [0.25, 0.3) is 0 Å². The van der Waals surface area contributed by atoms with Crippen LogP contribution in [0.2, 0.25) is 0 Å². The first-order valence-corrected chi connectivity index (χ1v) is 12.9. The molecule has 9 heteroatoms. The molecule has 0 spiro atoms. The Morgan fingerprint density at radius 2 is 1.72 bits per heavy atom. The largest absolute Gasteiger partial charge is 0.495 e. The molecular weight excluding hydrogens is 432 g/mol. The first kappa shape index (κ1) is 24.5. The average molecular weight is 467 g/mol. The summed E-state index contributed by atoms with van der Waals surface area (Å²) in [6.07, 6.45) is 7.61. The van der Waals surface area contributed by atoms with Crippen molar-refractivity contribution in [3.05, 3.63) is 23.8 Å². The van der Waals surface area contributed by atoms with Crippen molar-refractivity contribution in [1.29, 1.82) is 0 Å². The van der Waals surface area contributed by atoms with Crippen LogP contribution >= 0.6 is 0 Å². The van der Waals surface area contributed by atoms with Crippen LogP contribution in [0.3, 0.4) is 0 Å². The van der Waals surface area contributed by atoms with Crippen LogP contribution in [-0.4, -0.2) is 57.4 Å². The van der Waals surface area contributed by atoms with Gasteiger partial charge in [0, 0.05) is 19.1 Å². The molecule has 1 heterocycles. The van der Waals surface area contributed by atoms with Gasteiger partial charge in [-0.15, -0.1) is 0 Å². The minimum absolute atomic E-state index is 0.0582. The molecule has 0 aromatic heterocycles. The molecule has 1 saturated carbocycles. The number of benzene rings is 1. The number of ether oxygens (including phenoxy) is 2. The van der Waals surface area contributed by atoms with Crippen molar-refractivity contribution in [3.8, 4) is 5.75 Å². The van der Waals surface area contributed by atoms with Crippen molar-refractivity contribution in [1.82, 2.24) is 9.62 Å². The Kier molecular flexibility index (Phi) is 8.53. The molecule has 1 aromatic rings. The molecule has 2 fully saturated rings. The van der Waals surface area contributed by atoms with E-state index in [9.17, 15) is 18.0 Å². The van der Waals surface area contributed by atoms with Crippen molar-refractivity contribution in [3.63, 3.8) is 0 Å². The van der Waals surface area contributed by atoms with Gasteiger partial charge in [-0.2, -0.15) is 4.31 Å². The SMILES string of the molecule is COc1ccc(C(=O)OCC(=O)NC2CCC(C)CC2)cc1S(=O)(=O)N1CCCCCC1. The lowest BCUT2D eigenvalue weighted by Crippen LogP contribution is -2.39. The monoisotopic (exact) mass is 466 g/mol. The van der Waals surface area contributed by atoms with Crippen LogP contribution in [0.1, 0.15) is 68.6 Å². The van der Waals surface area contributed by atoms with Gasteiger partial charge in [-0.3, -0.25) is 4.79 Å². The van der Waals surface area contributed by atoms with Crippen molar-refractivity contribution in [2.75, 3.05) is 26.8 Å². The summed E-state index contributed by atoms with van der Waals surface area (Å²) in [5.74, 6) is -0.234. The quantitative estimate of drug-likeness (QED) is 0.620. The van der Waals surface area contributed by atoms with E-state index in [1.807, 2.05) is 0 Å². The molecule has 1 aliphatic carbocycles. The summed E-state index contributed by atoms with van der Waals surface area (Å²) in [6, 6.07) is 4.29. The number of nitrogens with zero attached hydrogens (tertiary/aromatic N) is 1. The Morgan fingerprint density at radius 3 is 2.34 bits per heavy atom. The standard InChI is InChI=1S/C23H34N2O6S/c1-17-7-10-19(11-8-17)24-22(26)16-31-23(27)18-9-12-20(30-2)21(15-18)32(28,29)25-13-5-3-4-6-14-25/h9,12,15,17,19H,3-8,10-11,13-14,16H2,1-2H3,(H,24,26). The van der Waals surface area contributed by atoms with Gasteiger partial charge in [-0.25, -0.2) is 13.2 Å². The van der Waals surface area contributed by atoms with E-state index in [0.717, 1.165) is 51.4 Å². The number of carbonyl (C=O) groups is 2. The minimum Gasteiger partial charge on any atom is -0.495 e. The molecule has 1 aromatic carbocycles. The molecule has 2 aliphatic rings. The summed E-state index contributed by atoms with van der Waals surface area (Å²) in [5.41, 5.74) is 0.0680. The number of sulfonamides is 1. The Labute approximate surface area is 190 Å². The van der Waals surface area contributed by atoms with E-state index < -0.39 is 22.6 Å². The highest BCUT2D eigenvalue weighted by Crippen LogP contribution is 2.29. The predicted octanol–water partition coefficient (Wildman–Crippen LogP) is 3.11. The van der Waals surface area contributed by atoms with Crippen LogP contribution in [0.15, 0.2) is 23.1 Å². The summed E-state index contributed by atoms with van der Waals surface area (Å²) >= 11 is 0. The smallest absolute Gasteiger partial charge is 0.338 e. The third-order valence-electron chi connectivity index (χ3n) is 6.30. The summed E-state index contributed by atoms with van der Waals surface area (Å²) in [7, 11) is -2.42. The van der Waals surface area contributed by atoms with E-state index in [2.05, 4.69) is 12.2 Å². The third-order valence-corrected chi connectivity index (χ3v) is 8.22. The number of hydrogen-bond acceptors (Lipinski definition) is 6. The first-order chi connectivity index (χ1) is 15.3. The lowest BCUT2D eigenvalue weighted by atomic mass is 9.87. The number of methoxy groups -OCH3 is 1. The third kappa shape index (κ3) is 6.22. The van der Waals surface area contributed by atoms with Crippen molar-refractivity contribution < 1.29 is 27.5 Å². The lowest BCUT2D eigenvalue weighted by Gasteiger charge is -2.26. The highest BCUT2D eigenvalue weighted by atomic mass is 32.2. The zero-order valence-electron chi connectivity index (χ0n) is 19.0. The molecule has 3 rings (SSSR count). The molecule has 0 bridgehead atoms. The second-order valence-corrected chi connectivity index (χ2v) is 10.7. The molecule has 1 saturated heterocycles. The molecule has 1 amide bonds. The highest BCUT2D eigenvalue weighted by molar-refractivity contribution is 7.89. The Morgan fingerprint density at radius 1 is 1.06 bits per heavy atom. The molecule has 1 N–H and O–H groups in total. The van der Waals surface area contributed by atoms with E-state index in [-0.39, 0.29) is 28.2 Å². The summed E-state index contributed by atoms with van der Waals surface area (Å²) in [4.78, 5) is 24.7. The van der Waals surface area contributed by atoms with Crippen molar-refractivity contribution in [2.24, 2.45) is 5.92 Å². The van der Waals surface area contributed by atoms with Crippen LogP contribution in [-0.2, 0) is 19.6 Å². The van der Waals surface area contributed by atoms with E-state index in [1.165, 1.54) is 29.6 Å². The van der Waals surface area contributed by atoms with Crippen LogP contribution in [0.5, 0.6) is 5.75 Å². The number of amides is 1. The summed E-state index contributed by atoms with van der Waals surface area (Å²) < 4.78 is 38.3. The van der Waals surface area contributed by atoms with Gasteiger partial charge in [0.25, 0.3) is 5.91 Å². The van der Waals surface area contributed by atoms with E-state index in [4.69, 9.17) is 9.47 Å². The number of hydrogen-bond donors (Lipinski definition) is 1. The van der Waals surface area contributed by atoms with Crippen LogP contribution < -0.4 is 10.1 Å². The Hall–Kier alpha value is -2.13. The van der Waals surface area contributed by atoms with Gasteiger partial charge >= 0.3 is 5.97 Å². The maximum Gasteiger partial charge on any atom is 0.338 e. The van der Waals surface area contributed by atoms with E-state index >= 15 is 0 Å². The summed E-state index contributed by atoms with van der Waals surface area (Å²) in [5, 5.41) is 2.91. The van der Waals surface area contributed by atoms with Gasteiger partial charge < -0.3 is 14.8 Å². The van der Waals surface area contributed by atoms with Gasteiger partial charge in [0.1, 0.15) is 10.6 Å². The fraction of sp³-hybridized carbons (Fsp3) is 0.652. The summed E-state index contributed by atoms with van der Waals surface area (Å²) in [6.45, 7) is 2.70. The molecule has 1 aliphatic heterocycles. The van der Waals surface area contributed by atoms with E-state index in [1.54, 1.807) is 0 Å². The second-order valence-electron chi connectivity index (χ2n) is 8.78. The van der Waals surface area contributed by atoms with Crippen molar-refractivity contribution >= 4 is 21.9 Å². The number of rotatable bonds is 7. The van der Waals surface area contributed by atoms with Crippen LogP contribution in [0, 0.1) is 5.92 Å². The molecule has 8 nitrogen and oxygen atoms in total. The Balaban J connectivity index is 1.66. The molecule has 32 heavy (non-hydrogen) atoms. The number of esters is 1. The molecule has 0 radical (unpaired) electrons. The second kappa shape index (κ2) is 11.1. The molecule has 0 atom stereocenters. The van der Waals surface area contributed by atoms with Gasteiger partial charge in [-0.05, 0) is 62.6 Å². The average Bonchev–Trinajstić information content (AvgIpc) is 3.09. The molecule has 178 valence electrons. The fourth-order valence-electron chi connectivity index (χ4n) is 4.31. The van der Waals surface area contributed by atoms with Crippen LogP contribution in [0.4, 0.5) is 0 Å². The zero-order chi connectivity index (χ0) is 23.1. The van der Waals surface area contributed by atoms with E-state index in [0.29, 0.717) is 19.0 Å². The molecule has 0 unspecified atom stereocenters.